The minimum Gasteiger partial charge on any atom is -0.364 e. The van der Waals surface area contributed by atoms with Crippen LogP contribution in [0.3, 0.4) is 0 Å². The Morgan fingerprint density at radius 1 is 1.07 bits per heavy atom. The number of nitrogens with one attached hydrogen (secondary N) is 2. The molecule has 11 heteroatoms. The Morgan fingerprint density at radius 3 is 2.61 bits per heavy atom. The molecule has 0 saturated heterocycles. The zero-order valence-corrected chi connectivity index (χ0v) is 14.3. The van der Waals surface area contributed by atoms with Gasteiger partial charge in [0.1, 0.15) is 18.5 Å². The normalized spacial score (nSPS) is 14.2. The van der Waals surface area contributed by atoms with Gasteiger partial charge in [-0.2, -0.15) is 13.2 Å². The van der Waals surface area contributed by atoms with Gasteiger partial charge in [-0.15, -0.1) is 0 Å². The van der Waals surface area contributed by atoms with Crippen LogP contribution in [0.5, 0.6) is 0 Å². The minimum absolute atomic E-state index is 0.212. The predicted molar refractivity (Wildman–Crippen MR) is 93.2 cm³/mol. The Balaban J connectivity index is 1.51. The number of anilines is 1. The van der Waals surface area contributed by atoms with Crippen molar-refractivity contribution in [3.8, 4) is 22.8 Å². The van der Waals surface area contributed by atoms with E-state index < -0.39 is 12.7 Å². The van der Waals surface area contributed by atoms with Crippen LogP contribution in [0.1, 0.15) is 0 Å². The number of hydrogen-bond acceptors (Lipinski definition) is 8. The van der Waals surface area contributed by atoms with Crippen LogP contribution in [-0.2, 0) is 0 Å². The lowest BCUT2D eigenvalue weighted by atomic mass is 10.2. The van der Waals surface area contributed by atoms with Crippen LogP contribution in [0.4, 0.5) is 19.1 Å². The van der Waals surface area contributed by atoms with E-state index in [0.29, 0.717) is 28.5 Å². The SMILES string of the molecule is FC(F)(F)CN1C=C(Nc2nccc(-c3cccc(-c4ccon4)n3)n2)CN1. The van der Waals surface area contributed by atoms with Gasteiger partial charge < -0.3 is 14.8 Å². The van der Waals surface area contributed by atoms with Crippen LogP contribution >= 0.6 is 0 Å². The van der Waals surface area contributed by atoms with Gasteiger partial charge in [-0.25, -0.2) is 20.4 Å². The van der Waals surface area contributed by atoms with E-state index in [1.165, 1.54) is 12.5 Å². The molecule has 0 spiro atoms. The third kappa shape index (κ3) is 4.26. The Kier molecular flexibility index (Phi) is 4.65. The quantitative estimate of drug-likeness (QED) is 0.688. The number of alkyl halides is 3. The third-order valence-corrected chi connectivity index (χ3v) is 3.77. The molecule has 28 heavy (non-hydrogen) atoms. The second-order valence-electron chi connectivity index (χ2n) is 5.92. The Morgan fingerprint density at radius 2 is 1.86 bits per heavy atom. The number of pyridine rings is 1. The predicted octanol–water partition coefficient (Wildman–Crippen LogP) is 2.83. The van der Waals surface area contributed by atoms with Gasteiger partial charge in [-0.05, 0) is 18.2 Å². The monoisotopic (exact) mass is 389 g/mol. The van der Waals surface area contributed by atoms with Crippen molar-refractivity contribution in [1.82, 2.24) is 30.5 Å². The lowest BCUT2D eigenvalue weighted by Gasteiger charge is -2.16. The first-order valence-electron chi connectivity index (χ1n) is 8.22. The Hall–Kier alpha value is -3.47. The fraction of sp³-hybridized carbons (Fsp3) is 0.176. The number of aromatic nitrogens is 4. The van der Waals surface area contributed by atoms with Gasteiger partial charge in [-0.1, -0.05) is 11.2 Å². The van der Waals surface area contributed by atoms with E-state index in [0.717, 1.165) is 5.01 Å². The van der Waals surface area contributed by atoms with Crippen molar-refractivity contribution in [3.63, 3.8) is 0 Å². The lowest BCUT2D eigenvalue weighted by molar-refractivity contribution is -0.144. The largest absolute Gasteiger partial charge is 0.407 e. The van der Waals surface area contributed by atoms with Crippen molar-refractivity contribution in [1.29, 1.82) is 0 Å². The highest BCUT2D eigenvalue weighted by atomic mass is 19.4. The summed E-state index contributed by atoms with van der Waals surface area (Å²) >= 11 is 0. The first-order valence-corrected chi connectivity index (χ1v) is 8.22. The van der Waals surface area contributed by atoms with E-state index in [2.05, 4.69) is 30.9 Å². The molecule has 8 nitrogen and oxygen atoms in total. The van der Waals surface area contributed by atoms with E-state index in [9.17, 15) is 13.2 Å². The molecule has 0 unspecified atom stereocenters. The summed E-state index contributed by atoms with van der Waals surface area (Å²) in [6.45, 7) is -0.874. The molecule has 0 amide bonds. The maximum Gasteiger partial charge on any atom is 0.407 e. The fourth-order valence-electron chi connectivity index (χ4n) is 2.61. The molecular weight excluding hydrogens is 375 g/mol. The molecule has 3 aromatic rings. The molecule has 0 aromatic carbocycles. The van der Waals surface area contributed by atoms with Gasteiger partial charge in [0.2, 0.25) is 5.95 Å². The van der Waals surface area contributed by atoms with Crippen molar-refractivity contribution in [3.05, 3.63) is 54.7 Å². The molecule has 2 N–H and O–H groups in total. The zero-order valence-electron chi connectivity index (χ0n) is 14.3. The van der Waals surface area contributed by atoms with Gasteiger partial charge in [0, 0.05) is 18.5 Å². The van der Waals surface area contributed by atoms with E-state index in [-0.39, 0.29) is 12.5 Å². The molecular formula is C17H14F3N7O. The van der Waals surface area contributed by atoms with Crippen molar-refractivity contribution in [2.45, 2.75) is 6.18 Å². The Labute approximate surface area is 157 Å². The zero-order chi connectivity index (χ0) is 19.6. The van der Waals surface area contributed by atoms with Crippen LogP contribution in [0.2, 0.25) is 0 Å². The smallest absolute Gasteiger partial charge is 0.364 e. The summed E-state index contributed by atoms with van der Waals surface area (Å²) in [7, 11) is 0. The van der Waals surface area contributed by atoms with E-state index in [4.69, 9.17) is 4.52 Å². The lowest BCUT2D eigenvalue weighted by Crippen LogP contribution is -2.37. The second-order valence-corrected chi connectivity index (χ2v) is 5.92. The summed E-state index contributed by atoms with van der Waals surface area (Å²) < 4.78 is 42.2. The van der Waals surface area contributed by atoms with Gasteiger partial charge in [0.05, 0.1) is 29.3 Å². The number of hydrogen-bond donors (Lipinski definition) is 2. The van der Waals surface area contributed by atoms with Crippen molar-refractivity contribution in [2.75, 3.05) is 18.4 Å². The van der Waals surface area contributed by atoms with Crippen LogP contribution in [0, 0.1) is 0 Å². The van der Waals surface area contributed by atoms with E-state index >= 15 is 0 Å². The fourth-order valence-corrected chi connectivity index (χ4v) is 2.61. The van der Waals surface area contributed by atoms with Gasteiger partial charge in [0.15, 0.2) is 0 Å². The number of hydrazine groups is 1. The van der Waals surface area contributed by atoms with Crippen molar-refractivity contribution in [2.24, 2.45) is 0 Å². The van der Waals surface area contributed by atoms with Crippen LogP contribution in [0.15, 0.2) is 59.2 Å². The van der Waals surface area contributed by atoms with E-state index in [1.807, 2.05) is 6.07 Å². The van der Waals surface area contributed by atoms with Gasteiger partial charge in [-0.3, -0.25) is 0 Å². The van der Waals surface area contributed by atoms with E-state index in [1.54, 1.807) is 30.5 Å². The van der Waals surface area contributed by atoms with Crippen molar-refractivity contribution >= 4 is 5.95 Å². The highest BCUT2D eigenvalue weighted by Gasteiger charge is 2.31. The minimum atomic E-state index is -4.30. The van der Waals surface area contributed by atoms with Crippen LogP contribution < -0.4 is 10.7 Å². The third-order valence-electron chi connectivity index (χ3n) is 3.77. The summed E-state index contributed by atoms with van der Waals surface area (Å²) in [4.78, 5) is 13.0. The molecule has 0 radical (unpaired) electrons. The highest BCUT2D eigenvalue weighted by molar-refractivity contribution is 5.62. The molecule has 4 rings (SSSR count). The van der Waals surface area contributed by atoms with Gasteiger partial charge in [0.25, 0.3) is 0 Å². The summed E-state index contributed by atoms with van der Waals surface area (Å²) in [5.74, 6) is 0.257. The molecule has 3 aromatic heterocycles. The number of rotatable bonds is 5. The topological polar surface area (TPSA) is 92.0 Å². The molecule has 1 aliphatic heterocycles. The first-order chi connectivity index (χ1) is 13.5. The number of nitrogens with zero attached hydrogens (tertiary/aromatic N) is 5. The molecule has 0 aliphatic carbocycles. The summed E-state index contributed by atoms with van der Waals surface area (Å²) in [5.41, 5.74) is 5.53. The highest BCUT2D eigenvalue weighted by Crippen LogP contribution is 2.22. The molecule has 1 aliphatic rings. The van der Waals surface area contributed by atoms with Crippen LogP contribution in [0.25, 0.3) is 22.8 Å². The maximum absolute atomic E-state index is 12.5. The molecule has 0 fully saturated rings. The first kappa shape index (κ1) is 17.9. The summed E-state index contributed by atoms with van der Waals surface area (Å²) in [6.07, 6.45) is 0.0518. The maximum atomic E-state index is 12.5. The average Bonchev–Trinajstić information content (AvgIpc) is 3.33. The van der Waals surface area contributed by atoms with Gasteiger partial charge >= 0.3 is 6.18 Å². The second kappa shape index (κ2) is 7.27. The standard InChI is InChI=1S/C17H14F3N7O/c18-17(19,20)10-27-9-11(8-22-27)23-16-21-6-4-14(25-16)12-2-1-3-13(24-12)15-5-7-28-26-15/h1-7,9,22H,8,10H2,(H,21,23,25). The molecule has 144 valence electrons. The number of halogens is 3. The molecule has 4 heterocycles. The summed E-state index contributed by atoms with van der Waals surface area (Å²) in [6, 6.07) is 8.80. The summed E-state index contributed by atoms with van der Waals surface area (Å²) in [5, 5.41) is 7.75. The molecule has 0 atom stereocenters. The van der Waals surface area contributed by atoms with Crippen LogP contribution in [-0.4, -0.2) is 44.4 Å². The van der Waals surface area contributed by atoms with Crippen molar-refractivity contribution < 1.29 is 17.7 Å². The average molecular weight is 389 g/mol. The molecule has 0 saturated carbocycles. The molecule has 0 bridgehead atoms. The Bertz CT molecular complexity index is 988.